The number of anilines is 1. The largest absolute Gasteiger partial charge is 0.274 e. The van der Waals surface area contributed by atoms with Crippen LogP contribution in [0.5, 0.6) is 0 Å². The lowest BCUT2D eigenvalue weighted by molar-refractivity contribution is -0.122. The molecule has 1 atom stereocenters. The van der Waals surface area contributed by atoms with Gasteiger partial charge >= 0.3 is 0 Å². The molecule has 1 aliphatic heterocycles. The lowest BCUT2D eigenvalue weighted by atomic mass is 9.95. The molecular formula is C18H16ClNO2. The van der Waals surface area contributed by atoms with Gasteiger partial charge in [0.25, 0.3) is 0 Å². The van der Waals surface area contributed by atoms with Crippen LogP contribution in [0.2, 0.25) is 5.02 Å². The number of halogens is 1. The van der Waals surface area contributed by atoms with Gasteiger partial charge in [-0.05, 0) is 42.7 Å². The number of nitrogens with zero attached hydrogens (tertiary/aromatic N) is 1. The van der Waals surface area contributed by atoms with E-state index in [1.54, 1.807) is 12.1 Å². The Morgan fingerprint density at radius 1 is 1.09 bits per heavy atom. The van der Waals surface area contributed by atoms with Crippen LogP contribution >= 0.6 is 11.6 Å². The Morgan fingerprint density at radius 2 is 1.82 bits per heavy atom. The highest BCUT2D eigenvalue weighted by Crippen LogP contribution is 2.30. The van der Waals surface area contributed by atoms with Crippen LogP contribution in [0.3, 0.4) is 0 Å². The fourth-order valence-electron chi connectivity index (χ4n) is 2.84. The summed E-state index contributed by atoms with van der Waals surface area (Å²) in [4.78, 5) is 26.1. The van der Waals surface area contributed by atoms with Crippen LogP contribution in [0, 0.1) is 12.8 Å². The van der Waals surface area contributed by atoms with Crippen LogP contribution in [0.25, 0.3) is 0 Å². The predicted octanol–water partition coefficient (Wildman–Crippen LogP) is 3.77. The van der Waals surface area contributed by atoms with Crippen LogP contribution in [-0.2, 0) is 16.0 Å². The number of carbonyl (C=O) groups excluding carboxylic acids is 2. The maximum Gasteiger partial charge on any atom is 0.237 e. The molecule has 1 fully saturated rings. The first-order valence-corrected chi connectivity index (χ1v) is 7.61. The molecule has 0 radical (unpaired) electrons. The Labute approximate surface area is 134 Å². The van der Waals surface area contributed by atoms with Gasteiger partial charge in [0.05, 0.1) is 11.6 Å². The van der Waals surface area contributed by atoms with E-state index in [2.05, 4.69) is 0 Å². The van der Waals surface area contributed by atoms with E-state index in [4.69, 9.17) is 11.6 Å². The zero-order valence-corrected chi connectivity index (χ0v) is 13.0. The Kier molecular flexibility index (Phi) is 3.99. The van der Waals surface area contributed by atoms with E-state index >= 15 is 0 Å². The van der Waals surface area contributed by atoms with Crippen molar-refractivity contribution in [2.75, 3.05) is 4.90 Å². The van der Waals surface area contributed by atoms with Gasteiger partial charge in [-0.3, -0.25) is 14.5 Å². The molecule has 0 aliphatic carbocycles. The molecule has 0 N–H and O–H groups in total. The van der Waals surface area contributed by atoms with Gasteiger partial charge in [-0.15, -0.1) is 0 Å². The lowest BCUT2D eigenvalue weighted by Gasteiger charge is -2.15. The van der Waals surface area contributed by atoms with Crippen molar-refractivity contribution in [2.24, 2.45) is 5.92 Å². The number of benzene rings is 2. The van der Waals surface area contributed by atoms with Gasteiger partial charge in [0, 0.05) is 11.4 Å². The van der Waals surface area contributed by atoms with Gasteiger partial charge in [-0.2, -0.15) is 0 Å². The van der Waals surface area contributed by atoms with Gasteiger partial charge in [-0.1, -0.05) is 41.9 Å². The third-order valence-electron chi connectivity index (χ3n) is 4.10. The molecule has 1 saturated heterocycles. The van der Waals surface area contributed by atoms with E-state index in [1.165, 1.54) is 4.90 Å². The van der Waals surface area contributed by atoms with Crippen molar-refractivity contribution < 1.29 is 9.59 Å². The van der Waals surface area contributed by atoms with Crippen LogP contribution < -0.4 is 4.90 Å². The summed E-state index contributed by atoms with van der Waals surface area (Å²) in [6, 6.07) is 14.7. The summed E-state index contributed by atoms with van der Waals surface area (Å²) in [6.07, 6.45) is 0.792. The molecule has 3 nitrogen and oxygen atoms in total. The summed E-state index contributed by atoms with van der Waals surface area (Å²) in [7, 11) is 0. The zero-order chi connectivity index (χ0) is 15.7. The second-order valence-corrected chi connectivity index (χ2v) is 5.94. The molecule has 1 heterocycles. The molecule has 0 bridgehead atoms. The first-order chi connectivity index (χ1) is 10.6. The summed E-state index contributed by atoms with van der Waals surface area (Å²) < 4.78 is 0. The normalized spacial score (nSPS) is 18.1. The molecule has 2 aromatic carbocycles. The highest BCUT2D eigenvalue weighted by molar-refractivity contribution is 6.31. The quantitative estimate of drug-likeness (QED) is 0.809. The van der Waals surface area contributed by atoms with Crippen molar-refractivity contribution in [2.45, 2.75) is 19.8 Å². The van der Waals surface area contributed by atoms with Crippen molar-refractivity contribution in [3.05, 3.63) is 64.7 Å². The van der Waals surface area contributed by atoms with E-state index in [0.29, 0.717) is 17.1 Å². The van der Waals surface area contributed by atoms with Gasteiger partial charge in [0.2, 0.25) is 11.8 Å². The smallest absolute Gasteiger partial charge is 0.237 e. The van der Waals surface area contributed by atoms with Crippen LogP contribution in [0.1, 0.15) is 17.5 Å². The molecule has 112 valence electrons. The van der Waals surface area contributed by atoms with Gasteiger partial charge in [-0.25, -0.2) is 0 Å². The minimum Gasteiger partial charge on any atom is -0.274 e. The molecule has 4 heteroatoms. The first-order valence-electron chi connectivity index (χ1n) is 7.24. The van der Waals surface area contributed by atoms with Crippen molar-refractivity contribution in [1.82, 2.24) is 0 Å². The lowest BCUT2D eigenvalue weighted by Crippen LogP contribution is -2.30. The standard InChI is InChI=1S/C18H16ClNO2/c1-12-13(6-5-9-16(12)19)10-14-11-17(21)20(18(14)22)15-7-3-2-4-8-15/h2-9,14H,10-11H2,1H3. The molecule has 22 heavy (non-hydrogen) atoms. The van der Waals surface area contributed by atoms with Crippen molar-refractivity contribution in [3.8, 4) is 0 Å². The second kappa shape index (κ2) is 5.93. The van der Waals surface area contributed by atoms with E-state index in [0.717, 1.165) is 11.1 Å². The third-order valence-corrected chi connectivity index (χ3v) is 4.51. The fourth-order valence-corrected chi connectivity index (χ4v) is 3.04. The summed E-state index contributed by atoms with van der Waals surface area (Å²) in [5.74, 6) is -0.582. The number of hydrogen-bond acceptors (Lipinski definition) is 2. The van der Waals surface area contributed by atoms with Crippen molar-refractivity contribution in [3.63, 3.8) is 0 Å². The minimum atomic E-state index is -0.315. The molecular weight excluding hydrogens is 298 g/mol. The number of para-hydroxylation sites is 1. The molecule has 3 rings (SSSR count). The molecule has 2 amide bonds. The number of hydrogen-bond donors (Lipinski definition) is 0. The summed E-state index contributed by atoms with van der Waals surface area (Å²) in [6.45, 7) is 1.94. The minimum absolute atomic E-state index is 0.129. The fraction of sp³-hybridized carbons (Fsp3) is 0.222. The molecule has 0 aromatic heterocycles. The molecule has 0 spiro atoms. The van der Waals surface area contributed by atoms with Crippen LogP contribution in [0.4, 0.5) is 5.69 Å². The molecule has 1 unspecified atom stereocenters. The van der Waals surface area contributed by atoms with Gasteiger partial charge in [0.15, 0.2) is 0 Å². The number of rotatable bonds is 3. The van der Waals surface area contributed by atoms with E-state index in [9.17, 15) is 9.59 Å². The van der Waals surface area contributed by atoms with Gasteiger partial charge < -0.3 is 0 Å². The monoisotopic (exact) mass is 313 g/mol. The SMILES string of the molecule is Cc1c(Cl)cccc1CC1CC(=O)N(c2ccccc2)C1=O. The average Bonchev–Trinajstić information content (AvgIpc) is 2.79. The second-order valence-electron chi connectivity index (χ2n) is 5.53. The Balaban J connectivity index is 1.84. The van der Waals surface area contributed by atoms with E-state index in [-0.39, 0.29) is 24.2 Å². The molecule has 0 saturated carbocycles. The number of imide groups is 1. The average molecular weight is 314 g/mol. The molecule has 1 aliphatic rings. The Bertz CT molecular complexity index is 727. The first kappa shape index (κ1) is 14.8. The van der Waals surface area contributed by atoms with Crippen LogP contribution in [-0.4, -0.2) is 11.8 Å². The van der Waals surface area contributed by atoms with Crippen molar-refractivity contribution in [1.29, 1.82) is 0 Å². The highest BCUT2D eigenvalue weighted by Gasteiger charge is 2.39. The van der Waals surface area contributed by atoms with Crippen LogP contribution in [0.15, 0.2) is 48.5 Å². The summed E-state index contributed by atoms with van der Waals surface area (Å²) >= 11 is 6.13. The maximum atomic E-state index is 12.6. The Hall–Kier alpha value is -2.13. The number of amides is 2. The third kappa shape index (κ3) is 2.64. The topological polar surface area (TPSA) is 37.4 Å². The highest BCUT2D eigenvalue weighted by atomic mass is 35.5. The summed E-state index contributed by atoms with van der Waals surface area (Å²) in [5.41, 5.74) is 2.64. The molecule has 2 aromatic rings. The van der Waals surface area contributed by atoms with E-state index in [1.807, 2.05) is 43.3 Å². The van der Waals surface area contributed by atoms with Gasteiger partial charge in [0.1, 0.15) is 0 Å². The van der Waals surface area contributed by atoms with E-state index < -0.39 is 0 Å². The zero-order valence-electron chi connectivity index (χ0n) is 12.3. The Morgan fingerprint density at radius 3 is 2.55 bits per heavy atom. The summed E-state index contributed by atoms with van der Waals surface area (Å²) in [5, 5.41) is 0.689. The predicted molar refractivity (Wildman–Crippen MR) is 86.9 cm³/mol. The number of carbonyl (C=O) groups is 2. The van der Waals surface area contributed by atoms with Crippen molar-refractivity contribution >= 4 is 29.1 Å². The maximum absolute atomic E-state index is 12.6.